The zero-order chi connectivity index (χ0) is 26.9. The third kappa shape index (κ3) is 4.68. The molecule has 12 heteroatoms. The topological polar surface area (TPSA) is 170 Å². The predicted octanol–water partition coefficient (Wildman–Crippen LogP) is 1.16. The van der Waals surface area contributed by atoms with E-state index in [0.29, 0.717) is 24.3 Å². The molecule has 4 atom stereocenters. The first kappa shape index (κ1) is 25.2. The Labute approximate surface area is 223 Å². The van der Waals surface area contributed by atoms with Crippen molar-refractivity contribution in [2.45, 2.75) is 30.5 Å². The molecule has 1 aliphatic carbocycles. The van der Waals surface area contributed by atoms with E-state index in [2.05, 4.69) is 49.9 Å². The van der Waals surface area contributed by atoms with Gasteiger partial charge in [0.2, 0.25) is 0 Å². The van der Waals surface area contributed by atoms with Gasteiger partial charge in [-0.15, -0.1) is 0 Å². The summed E-state index contributed by atoms with van der Waals surface area (Å²) in [6.07, 6.45) is -1.64. The van der Waals surface area contributed by atoms with Gasteiger partial charge < -0.3 is 36.1 Å². The second kappa shape index (κ2) is 10.6. The Morgan fingerprint density at radius 1 is 1.00 bits per heavy atom. The molecule has 0 saturated carbocycles. The molecule has 2 unspecified atom stereocenters. The molecule has 6 N–H and O–H groups in total. The van der Waals surface area contributed by atoms with Gasteiger partial charge in [0.05, 0.1) is 6.33 Å². The Morgan fingerprint density at radius 2 is 1.72 bits per heavy atom. The second-order valence-electron chi connectivity index (χ2n) is 9.59. The second-order valence-corrected chi connectivity index (χ2v) is 9.59. The summed E-state index contributed by atoms with van der Waals surface area (Å²) in [5.41, 5.74) is 11.3. The molecule has 1 aliphatic heterocycles. The fraction of sp³-hybridized carbons (Fsp3) is 0.333. The number of anilines is 1. The van der Waals surface area contributed by atoms with Gasteiger partial charge in [0, 0.05) is 25.6 Å². The number of aliphatic hydroxyl groups excluding tert-OH is 2. The molecule has 1 saturated heterocycles. The minimum atomic E-state index is -1.19. The van der Waals surface area contributed by atoms with Gasteiger partial charge in [0.15, 0.2) is 17.7 Å². The van der Waals surface area contributed by atoms with Gasteiger partial charge in [-0.3, -0.25) is 4.57 Å². The van der Waals surface area contributed by atoms with Crippen LogP contribution in [0.1, 0.15) is 23.3 Å². The number of hydrogen-bond donors (Lipinski definition) is 5. The van der Waals surface area contributed by atoms with Crippen LogP contribution in [0.25, 0.3) is 22.3 Å². The van der Waals surface area contributed by atoms with Gasteiger partial charge in [-0.05, 0) is 22.3 Å². The number of nitrogens with two attached hydrogens (primary N) is 1. The molecule has 4 aromatic rings. The van der Waals surface area contributed by atoms with E-state index in [1.165, 1.54) is 28.3 Å². The summed E-state index contributed by atoms with van der Waals surface area (Å²) in [5.74, 6) is 0.214. The molecule has 1 amide bonds. The minimum absolute atomic E-state index is 0.00262. The number of fused-ring (bicyclic) bond motifs is 4. The molecule has 2 aromatic carbocycles. The van der Waals surface area contributed by atoms with E-state index in [1.807, 2.05) is 24.3 Å². The zero-order valence-corrected chi connectivity index (χ0v) is 21.0. The largest absolute Gasteiger partial charge is 0.449 e. The number of carbonyl (C=O) groups is 1. The third-order valence-electron chi connectivity index (χ3n) is 7.26. The molecule has 3 heterocycles. The zero-order valence-electron chi connectivity index (χ0n) is 21.0. The van der Waals surface area contributed by atoms with Crippen LogP contribution in [0.4, 0.5) is 10.6 Å². The Kier molecular flexibility index (Phi) is 6.83. The molecule has 39 heavy (non-hydrogen) atoms. The van der Waals surface area contributed by atoms with Crippen molar-refractivity contribution in [2.75, 3.05) is 32.0 Å². The van der Waals surface area contributed by atoms with Gasteiger partial charge in [-0.25, -0.2) is 19.7 Å². The maximum Gasteiger partial charge on any atom is 0.407 e. The van der Waals surface area contributed by atoms with Crippen molar-refractivity contribution in [1.29, 1.82) is 0 Å². The smallest absolute Gasteiger partial charge is 0.407 e. The Balaban J connectivity index is 0.963. The van der Waals surface area contributed by atoms with Crippen LogP contribution in [-0.4, -0.2) is 80.4 Å². The fourth-order valence-corrected chi connectivity index (χ4v) is 5.33. The highest BCUT2D eigenvalue weighted by molar-refractivity contribution is 5.81. The van der Waals surface area contributed by atoms with Crippen LogP contribution in [-0.2, 0) is 9.47 Å². The van der Waals surface area contributed by atoms with Crippen LogP contribution in [0.3, 0.4) is 0 Å². The van der Waals surface area contributed by atoms with Crippen molar-refractivity contribution >= 4 is 23.1 Å². The van der Waals surface area contributed by atoms with Gasteiger partial charge in [0.25, 0.3) is 0 Å². The molecule has 12 nitrogen and oxygen atoms in total. The number of nitrogens with zero attached hydrogens (tertiary/aromatic N) is 4. The molecule has 0 bridgehead atoms. The number of rotatable bonds is 8. The van der Waals surface area contributed by atoms with Crippen LogP contribution in [0, 0.1) is 0 Å². The molecule has 1 fully saturated rings. The normalized spacial score (nSPS) is 22.1. The van der Waals surface area contributed by atoms with Gasteiger partial charge in [0.1, 0.15) is 36.8 Å². The highest BCUT2D eigenvalue weighted by Crippen LogP contribution is 2.44. The summed E-state index contributed by atoms with van der Waals surface area (Å²) >= 11 is 0. The lowest BCUT2D eigenvalue weighted by Gasteiger charge is -2.17. The average Bonchev–Trinajstić information content (AvgIpc) is 3.61. The van der Waals surface area contributed by atoms with Crippen molar-refractivity contribution in [1.82, 2.24) is 30.2 Å². The summed E-state index contributed by atoms with van der Waals surface area (Å²) < 4.78 is 13.0. The predicted molar refractivity (Wildman–Crippen MR) is 142 cm³/mol. The summed E-state index contributed by atoms with van der Waals surface area (Å²) in [6.45, 7) is 1.22. The van der Waals surface area contributed by atoms with E-state index in [4.69, 9.17) is 15.2 Å². The first-order valence-electron chi connectivity index (χ1n) is 12.8. The lowest BCUT2D eigenvalue weighted by Crippen LogP contribution is -2.40. The van der Waals surface area contributed by atoms with Gasteiger partial charge in [-0.1, -0.05) is 48.5 Å². The van der Waals surface area contributed by atoms with Crippen LogP contribution < -0.4 is 16.4 Å². The summed E-state index contributed by atoms with van der Waals surface area (Å²) in [7, 11) is 0. The quantitative estimate of drug-likeness (QED) is 0.208. The Morgan fingerprint density at radius 3 is 2.46 bits per heavy atom. The Hall–Kier alpha value is -4.10. The molecule has 2 aliphatic rings. The summed E-state index contributed by atoms with van der Waals surface area (Å²) in [4.78, 5) is 24.6. The Bertz CT molecular complexity index is 1450. The van der Waals surface area contributed by atoms with E-state index in [-0.39, 0.29) is 24.9 Å². The number of nitrogen functional groups attached to an aromatic ring is 1. The van der Waals surface area contributed by atoms with Crippen molar-refractivity contribution < 1.29 is 24.5 Å². The molecule has 0 spiro atoms. The molecule has 0 radical (unpaired) electrons. The summed E-state index contributed by atoms with van der Waals surface area (Å²) in [5, 5.41) is 27.0. The molecule has 6 rings (SSSR count). The van der Waals surface area contributed by atoms with Crippen molar-refractivity contribution in [3.63, 3.8) is 0 Å². The van der Waals surface area contributed by atoms with Gasteiger partial charge in [-0.2, -0.15) is 0 Å². The molecular weight excluding hydrogens is 502 g/mol. The number of aromatic nitrogens is 4. The van der Waals surface area contributed by atoms with Crippen molar-refractivity contribution in [2.24, 2.45) is 0 Å². The van der Waals surface area contributed by atoms with E-state index in [9.17, 15) is 15.0 Å². The first-order valence-corrected chi connectivity index (χ1v) is 12.8. The monoisotopic (exact) mass is 531 g/mol. The van der Waals surface area contributed by atoms with Crippen LogP contribution in [0.15, 0.2) is 61.2 Å². The fourth-order valence-electron chi connectivity index (χ4n) is 5.33. The van der Waals surface area contributed by atoms with Crippen LogP contribution >= 0.6 is 0 Å². The number of amides is 1. The number of imidazole rings is 1. The maximum atomic E-state index is 12.4. The number of alkyl carbamates (subject to hydrolysis) is 1. The number of benzene rings is 2. The third-order valence-corrected chi connectivity index (χ3v) is 7.26. The first-order chi connectivity index (χ1) is 19.0. The van der Waals surface area contributed by atoms with Crippen LogP contribution in [0.5, 0.6) is 0 Å². The number of carbonyl (C=O) groups excluding carboxylic acids is 1. The van der Waals surface area contributed by atoms with E-state index in [0.717, 1.165) is 11.1 Å². The summed E-state index contributed by atoms with van der Waals surface area (Å²) in [6, 6.07) is 16.4. The van der Waals surface area contributed by atoms with E-state index >= 15 is 0 Å². The number of hydrogen-bond acceptors (Lipinski definition) is 10. The standard InChI is InChI=1S/C27H29N7O5/c28-24-21-25(32-13-31-24)34(14-33-21)26-23(36)22(35)20(39-26)11-29-9-10-30-27(37)38-12-19-17-7-3-1-5-15(17)16-6-2-4-8-18(16)19/h1-8,13-14,19-20,22-23,26,29,35-36H,9-12H2,(H,30,37)(H2,28,31,32)/t20?,22-,23-,26?/m1/s1. The lowest BCUT2D eigenvalue weighted by molar-refractivity contribution is -0.0341. The number of ether oxygens (including phenoxy) is 2. The van der Waals surface area contributed by atoms with Crippen molar-refractivity contribution in [3.8, 4) is 11.1 Å². The highest BCUT2D eigenvalue weighted by Gasteiger charge is 2.44. The SMILES string of the molecule is Nc1ncnc2c1ncn2C1OC(CNCCNC(=O)OCC2c3ccccc3-c3ccccc32)[C@@H](O)[C@H]1O. The average molecular weight is 532 g/mol. The van der Waals surface area contributed by atoms with E-state index in [1.54, 1.807) is 0 Å². The molecule has 2 aromatic heterocycles. The van der Waals surface area contributed by atoms with Gasteiger partial charge >= 0.3 is 6.09 Å². The lowest BCUT2D eigenvalue weighted by atomic mass is 9.98. The van der Waals surface area contributed by atoms with E-state index < -0.39 is 30.6 Å². The highest BCUT2D eigenvalue weighted by atomic mass is 16.6. The molecule has 202 valence electrons. The molecular formula is C27H29N7O5. The van der Waals surface area contributed by atoms with Crippen molar-refractivity contribution in [3.05, 3.63) is 72.3 Å². The van der Waals surface area contributed by atoms with Crippen LogP contribution in [0.2, 0.25) is 0 Å². The minimum Gasteiger partial charge on any atom is -0.449 e. The number of aliphatic hydroxyl groups is 2. The maximum absolute atomic E-state index is 12.4. The number of nitrogens with one attached hydrogen (secondary N) is 2.